The number of aliphatic hydroxyl groups is 3. The molecular weight excluding hydrogens is 320 g/mol. The third-order valence-corrected chi connectivity index (χ3v) is 7.42. The van der Waals surface area contributed by atoms with E-state index in [1.54, 1.807) is 0 Å². The van der Waals surface area contributed by atoms with Gasteiger partial charge in [0.05, 0.1) is 12.7 Å². The smallest absolute Gasteiger partial charge is 0.333 e. The van der Waals surface area contributed by atoms with E-state index < -0.39 is 23.8 Å². The molecule has 0 aromatic heterocycles. The third-order valence-electron chi connectivity index (χ3n) is 7.42. The van der Waals surface area contributed by atoms with Gasteiger partial charge >= 0.3 is 5.97 Å². The second kappa shape index (κ2) is 6.53. The van der Waals surface area contributed by atoms with Crippen molar-refractivity contribution < 1.29 is 24.9 Å². The first-order valence-corrected chi connectivity index (χ1v) is 9.31. The van der Waals surface area contributed by atoms with Crippen LogP contribution in [-0.4, -0.2) is 40.3 Å². The summed E-state index contributed by atoms with van der Waals surface area (Å²) in [7, 11) is 0. The lowest BCUT2D eigenvalue weighted by Crippen LogP contribution is -2.57. The Morgan fingerprint density at radius 2 is 2.04 bits per heavy atom. The number of carbonyl (C=O) groups is 1. The van der Waals surface area contributed by atoms with E-state index in [2.05, 4.69) is 26.8 Å². The van der Waals surface area contributed by atoms with Crippen LogP contribution >= 0.6 is 0 Å². The Labute approximate surface area is 149 Å². The van der Waals surface area contributed by atoms with Gasteiger partial charge in [0.2, 0.25) is 6.29 Å². The molecule has 0 amide bonds. The van der Waals surface area contributed by atoms with E-state index in [-0.39, 0.29) is 17.9 Å². The molecule has 0 spiro atoms. The molecule has 140 valence electrons. The summed E-state index contributed by atoms with van der Waals surface area (Å²) in [4.78, 5) is 11.3. The number of cyclic esters (lactones) is 1. The number of aliphatic hydroxyl groups excluding tert-OH is 3. The average molecular weight is 350 g/mol. The quantitative estimate of drug-likeness (QED) is 0.535. The van der Waals surface area contributed by atoms with E-state index in [1.165, 1.54) is 6.08 Å². The first-order valence-electron chi connectivity index (χ1n) is 9.31. The molecule has 1 unspecified atom stereocenters. The molecule has 0 bridgehead atoms. The zero-order valence-electron chi connectivity index (χ0n) is 15.4. The van der Waals surface area contributed by atoms with Gasteiger partial charge in [-0.3, -0.25) is 0 Å². The van der Waals surface area contributed by atoms with Gasteiger partial charge in [-0.05, 0) is 54.9 Å². The monoisotopic (exact) mass is 350 g/mol. The van der Waals surface area contributed by atoms with Crippen molar-refractivity contribution in [2.45, 2.75) is 65.3 Å². The van der Waals surface area contributed by atoms with Crippen LogP contribution in [0.3, 0.4) is 0 Å². The van der Waals surface area contributed by atoms with Crippen molar-refractivity contribution in [3.63, 3.8) is 0 Å². The largest absolute Gasteiger partial charge is 0.429 e. The molecule has 1 fully saturated rings. The molecule has 5 nitrogen and oxygen atoms in total. The Morgan fingerprint density at radius 3 is 2.64 bits per heavy atom. The number of allylic oxidation sites excluding steroid dienone is 1. The normalized spacial score (nSPS) is 44.0. The summed E-state index contributed by atoms with van der Waals surface area (Å²) < 4.78 is 4.79. The Morgan fingerprint density at radius 1 is 1.32 bits per heavy atom. The zero-order chi connectivity index (χ0) is 18.4. The van der Waals surface area contributed by atoms with Crippen LogP contribution in [0.15, 0.2) is 23.3 Å². The van der Waals surface area contributed by atoms with Crippen molar-refractivity contribution in [3.8, 4) is 0 Å². The van der Waals surface area contributed by atoms with Crippen LogP contribution in [-0.2, 0) is 9.53 Å². The maximum atomic E-state index is 11.3. The van der Waals surface area contributed by atoms with Crippen molar-refractivity contribution in [1.82, 2.24) is 0 Å². The highest BCUT2D eigenvalue weighted by Crippen LogP contribution is 2.62. The van der Waals surface area contributed by atoms with E-state index >= 15 is 0 Å². The van der Waals surface area contributed by atoms with Gasteiger partial charge in [-0.25, -0.2) is 4.79 Å². The van der Waals surface area contributed by atoms with Crippen LogP contribution in [0.1, 0.15) is 52.9 Å². The van der Waals surface area contributed by atoms with Gasteiger partial charge in [-0.15, -0.1) is 0 Å². The third kappa shape index (κ3) is 2.86. The standard InChI is InChI=1S/C20H30O5/c1-12-9-16(22)20(3)14(11-21)5-4-6-15(20)19(12,2)8-7-13-10-17(23)25-18(13)24/h5,10,12,15-16,18,21-22,24H,4,6-9,11H2,1-3H3/t12-,15-,16+,18?,19+,20+/m1/s1. The van der Waals surface area contributed by atoms with Crippen LogP contribution in [0.2, 0.25) is 0 Å². The van der Waals surface area contributed by atoms with Crippen LogP contribution in [0.25, 0.3) is 0 Å². The van der Waals surface area contributed by atoms with Gasteiger partial charge in [0.1, 0.15) is 0 Å². The molecule has 0 aromatic rings. The molecule has 0 aromatic carbocycles. The van der Waals surface area contributed by atoms with E-state index in [0.29, 0.717) is 24.3 Å². The lowest BCUT2D eigenvalue weighted by Gasteiger charge is -2.60. The predicted molar refractivity (Wildman–Crippen MR) is 93.3 cm³/mol. The maximum absolute atomic E-state index is 11.3. The number of hydrogen-bond donors (Lipinski definition) is 3. The summed E-state index contributed by atoms with van der Waals surface area (Å²) in [5.41, 5.74) is 1.13. The van der Waals surface area contributed by atoms with Gasteiger partial charge in [0, 0.05) is 17.1 Å². The number of esters is 1. The van der Waals surface area contributed by atoms with E-state index in [0.717, 1.165) is 24.8 Å². The Hall–Kier alpha value is -1.17. The summed E-state index contributed by atoms with van der Waals surface area (Å²) in [5, 5.41) is 30.5. The molecule has 2 aliphatic carbocycles. The van der Waals surface area contributed by atoms with Gasteiger partial charge in [0.25, 0.3) is 0 Å². The summed E-state index contributed by atoms with van der Waals surface area (Å²) >= 11 is 0. The SMILES string of the molecule is C[C@@H]1C[C@H](O)[C@@]2(C)C(CO)=CCC[C@@H]2[C@@]1(C)CCC1=CC(=O)OC1O. The van der Waals surface area contributed by atoms with E-state index in [9.17, 15) is 20.1 Å². The number of carbonyl (C=O) groups excluding carboxylic acids is 1. The highest BCUT2D eigenvalue weighted by atomic mass is 16.6. The zero-order valence-corrected chi connectivity index (χ0v) is 15.4. The van der Waals surface area contributed by atoms with Gasteiger partial charge in [-0.1, -0.05) is 26.8 Å². The van der Waals surface area contributed by atoms with E-state index in [4.69, 9.17) is 4.74 Å². The van der Waals surface area contributed by atoms with Crippen molar-refractivity contribution in [2.24, 2.45) is 22.7 Å². The number of ether oxygens (including phenoxy) is 1. The minimum atomic E-state index is -1.12. The van der Waals surface area contributed by atoms with Crippen molar-refractivity contribution in [3.05, 3.63) is 23.3 Å². The Kier molecular flexibility index (Phi) is 4.86. The molecule has 6 atom stereocenters. The fourth-order valence-corrected chi connectivity index (χ4v) is 5.53. The van der Waals surface area contributed by atoms with Crippen LogP contribution < -0.4 is 0 Å². The second-order valence-corrected chi connectivity index (χ2v) is 8.47. The van der Waals surface area contributed by atoms with E-state index in [1.807, 2.05) is 0 Å². The number of hydrogen-bond acceptors (Lipinski definition) is 5. The van der Waals surface area contributed by atoms with Crippen LogP contribution in [0.5, 0.6) is 0 Å². The summed E-state index contributed by atoms with van der Waals surface area (Å²) in [6.07, 6.45) is 5.92. The Bertz CT molecular complexity index is 609. The predicted octanol–water partition coefficient (Wildman–Crippen LogP) is 2.31. The van der Waals surface area contributed by atoms with Crippen molar-refractivity contribution in [2.75, 3.05) is 6.61 Å². The first-order chi connectivity index (χ1) is 11.7. The number of rotatable bonds is 4. The summed E-state index contributed by atoms with van der Waals surface area (Å²) in [5.74, 6) is 0.0869. The fraction of sp³-hybridized carbons (Fsp3) is 0.750. The minimum absolute atomic E-state index is 0.0132. The lowest BCUT2D eigenvalue weighted by atomic mass is 9.46. The van der Waals surface area contributed by atoms with Crippen molar-refractivity contribution in [1.29, 1.82) is 0 Å². The van der Waals surface area contributed by atoms with Crippen molar-refractivity contribution >= 4 is 5.97 Å². The second-order valence-electron chi connectivity index (χ2n) is 8.47. The molecule has 0 radical (unpaired) electrons. The Balaban J connectivity index is 1.87. The lowest BCUT2D eigenvalue weighted by molar-refractivity contribution is -0.151. The molecule has 25 heavy (non-hydrogen) atoms. The van der Waals surface area contributed by atoms with Gasteiger partial charge in [-0.2, -0.15) is 0 Å². The summed E-state index contributed by atoms with van der Waals surface area (Å²) in [6.45, 7) is 6.52. The molecule has 0 saturated heterocycles. The van der Waals surface area contributed by atoms with Gasteiger partial charge < -0.3 is 20.1 Å². The highest BCUT2D eigenvalue weighted by molar-refractivity contribution is 5.85. The minimum Gasteiger partial charge on any atom is -0.429 e. The first kappa shape index (κ1) is 18.6. The molecule has 3 rings (SSSR count). The molecule has 1 saturated carbocycles. The molecule has 1 aliphatic heterocycles. The van der Waals surface area contributed by atoms with Crippen LogP contribution in [0, 0.1) is 22.7 Å². The molecule has 3 aliphatic rings. The molecule has 3 N–H and O–H groups in total. The summed E-state index contributed by atoms with van der Waals surface area (Å²) in [6, 6.07) is 0. The van der Waals surface area contributed by atoms with Crippen LogP contribution in [0.4, 0.5) is 0 Å². The fourth-order valence-electron chi connectivity index (χ4n) is 5.53. The topological polar surface area (TPSA) is 87.0 Å². The average Bonchev–Trinajstić information content (AvgIpc) is 2.89. The maximum Gasteiger partial charge on any atom is 0.333 e. The van der Waals surface area contributed by atoms with Gasteiger partial charge in [0.15, 0.2) is 0 Å². The molecular formula is C20H30O5. The molecule has 5 heteroatoms. The number of fused-ring (bicyclic) bond motifs is 1. The highest BCUT2D eigenvalue weighted by Gasteiger charge is 2.57. The molecule has 1 heterocycles.